The van der Waals surface area contributed by atoms with Crippen LogP contribution >= 0.6 is 0 Å². The Kier molecular flexibility index (Phi) is 54.9. The van der Waals surface area contributed by atoms with Gasteiger partial charge in [0.1, 0.15) is 226 Å². The smallest absolute Gasteiger partial charge is 0.224 e. The summed E-state index contributed by atoms with van der Waals surface area (Å²) in [6, 6.07) is 0. The molecule has 6 rings (SSSR count). The minimum absolute atomic E-state index is 0.0258. The van der Waals surface area contributed by atoms with E-state index in [-0.39, 0.29) is 25.1 Å². The van der Waals surface area contributed by atoms with Gasteiger partial charge in [-0.3, -0.25) is 0 Å². The average Bonchev–Trinajstić information content (AvgIpc) is 1.55. The molecule has 42 N–H and O–H groups in total. The summed E-state index contributed by atoms with van der Waals surface area (Å²) in [7, 11) is 1.27. The Labute approximate surface area is 666 Å². The van der Waals surface area contributed by atoms with Gasteiger partial charge >= 0.3 is 0 Å². The highest BCUT2D eigenvalue weighted by molar-refractivity contribution is 5.57. The largest absolute Gasteiger partial charge is 0.394 e. The van der Waals surface area contributed by atoms with Crippen LogP contribution in [0.15, 0.2) is 0 Å². The molecule has 0 aromatic rings. The Morgan fingerprint density at radius 2 is 0.585 bits per heavy atom. The van der Waals surface area contributed by atoms with Gasteiger partial charge < -0.3 is 281 Å². The van der Waals surface area contributed by atoms with Crippen LogP contribution in [0, 0.1) is 5.92 Å². The second-order valence-electron chi connectivity index (χ2n) is 26.6. The van der Waals surface area contributed by atoms with Crippen LogP contribution in [0.5, 0.6) is 0 Å². The fourth-order valence-corrected chi connectivity index (χ4v) is 10.6. The van der Waals surface area contributed by atoms with Crippen LogP contribution in [-0.4, -0.2) is 589 Å². The quantitative estimate of drug-likeness (QED) is 0.0266. The van der Waals surface area contributed by atoms with E-state index in [2.05, 4.69) is 0 Å². The van der Waals surface area contributed by atoms with Crippen molar-refractivity contribution < 1.29 is 281 Å². The molecule has 56 heteroatoms. The standard InChI is InChI=1S/C14H26O10.2C12H22O11.4C6H12O6/c1-5-6(3-15)22-14(10(19)8(5)17)24-12-7(4-16)23-13(21-2)11(20)9(12)18;13-1-4-6(16)8(18)9(19)11(21-4)23-12(3-15)10(20)7(17)5(2-14)22-12;13-1-3-5(15)6(16)9(19)12(22-3)23-10-4(2-14)21-11(20)8(18)7(10)17;4*7-1-3(9)5(11)6(12)4(10)2-8/h5-20H,3-4H2,1-2H3;4-11,13-20H,1-3H2;3-20H,1-2H2;4*1,3-6,8-12H,2H2/t5-,6?,7+,8+,9?,10?,11?,12-,13-,14+;4-,5-,6-,7-,8+,9-,10+,11-,12+;3-,4-,5-,6+,7-,8-,9-,10-,11-,12+;4*3-,4+,5+,6+/m1110000/s1. The molecule has 6 heterocycles. The van der Waals surface area contributed by atoms with Crippen LogP contribution in [0.3, 0.4) is 0 Å². The van der Waals surface area contributed by atoms with Gasteiger partial charge in [0.05, 0.1) is 78.3 Å². The predicted molar refractivity (Wildman–Crippen MR) is 363 cm³/mol. The first-order chi connectivity index (χ1) is 55.1. The fraction of sp³-hybridized carbons (Fsp3) is 0.935. The highest BCUT2D eigenvalue weighted by Crippen LogP contribution is 2.37. The van der Waals surface area contributed by atoms with Crippen LogP contribution in [0.2, 0.25) is 0 Å². The second-order valence-corrected chi connectivity index (χ2v) is 26.6. The van der Waals surface area contributed by atoms with Crippen LogP contribution in [0.25, 0.3) is 0 Å². The summed E-state index contributed by atoms with van der Waals surface area (Å²) in [5.41, 5.74) is 0. The molecule has 0 saturated carbocycles. The monoisotopic (exact) mass is 1760 g/mol. The summed E-state index contributed by atoms with van der Waals surface area (Å²) in [4.78, 5) is 39.6. The van der Waals surface area contributed by atoms with E-state index in [1.165, 1.54) is 7.11 Å². The molecule has 0 aliphatic carbocycles. The lowest BCUT2D eigenvalue weighted by molar-refractivity contribution is -0.383. The molecule has 0 radical (unpaired) electrons. The van der Waals surface area contributed by atoms with Crippen LogP contribution in [0.4, 0.5) is 0 Å². The van der Waals surface area contributed by atoms with E-state index in [9.17, 15) is 116 Å². The van der Waals surface area contributed by atoms with E-state index in [0.717, 1.165) is 0 Å². The first kappa shape index (κ1) is 115. The van der Waals surface area contributed by atoms with Crippen LogP contribution in [-0.2, 0) is 66.5 Å². The van der Waals surface area contributed by atoms with E-state index in [4.69, 9.17) is 165 Å². The van der Waals surface area contributed by atoms with Crippen molar-refractivity contribution in [3.05, 3.63) is 0 Å². The zero-order chi connectivity index (χ0) is 91.6. The molecule has 0 aromatic carbocycles. The topological polar surface area (TPSA) is 1010 Å². The molecule has 6 saturated heterocycles. The number of hydrogen-bond acceptors (Lipinski definition) is 56. The molecule has 0 aromatic heterocycles. The van der Waals surface area contributed by atoms with E-state index in [0.29, 0.717) is 0 Å². The van der Waals surface area contributed by atoms with Gasteiger partial charge in [0.15, 0.2) is 56.6 Å². The van der Waals surface area contributed by atoms with Crippen LogP contribution in [0.1, 0.15) is 6.92 Å². The number of ether oxygens (including phenoxy) is 10. The number of methoxy groups -OCH3 is 1. The molecule has 6 fully saturated rings. The Bertz CT molecular complexity index is 2510. The summed E-state index contributed by atoms with van der Waals surface area (Å²) in [5.74, 6) is -2.75. The van der Waals surface area contributed by atoms with Gasteiger partial charge in [-0.15, -0.1) is 0 Å². The van der Waals surface area contributed by atoms with Crippen LogP contribution < -0.4 is 0 Å². The van der Waals surface area contributed by atoms with Crippen molar-refractivity contribution in [2.75, 3.05) is 79.8 Å². The Morgan fingerprint density at radius 3 is 0.881 bits per heavy atom. The molecule has 118 heavy (non-hydrogen) atoms. The number of aldehydes is 4. The zero-order valence-electron chi connectivity index (χ0n) is 62.5. The lowest BCUT2D eigenvalue weighted by Gasteiger charge is -2.46. The Morgan fingerprint density at radius 1 is 0.305 bits per heavy atom. The summed E-state index contributed by atoms with van der Waals surface area (Å²) in [6.45, 7) is -6.04. The fourth-order valence-electron chi connectivity index (χ4n) is 10.6. The summed E-state index contributed by atoms with van der Waals surface area (Å²) < 4.78 is 51.8. The molecular weight excluding hydrogens is 1640 g/mol. The Balaban J connectivity index is 0.00000139. The van der Waals surface area contributed by atoms with Gasteiger partial charge in [0.2, 0.25) is 5.79 Å². The molecule has 56 nitrogen and oxygen atoms in total. The van der Waals surface area contributed by atoms with Gasteiger partial charge in [0, 0.05) is 13.0 Å². The maximum Gasteiger partial charge on any atom is 0.224 e. The van der Waals surface area contributed by atoms with Crippen molar-refractivity contribution in [2.45, 2.75) is 276 Å². The van der Waals surface area contributed by atoms with E-state index >= 15 is 0 Å². The highest BCUT2D eigenvalue weighted by Gasteiger charge is 2.59. The van der Waals surface area contributed by atoms with Crippen molar-refractivity contribution in [1.29, 1.82) is 0 Å². The van der Waals surface area contributed by atoms with Crippen molar-refractivity contribution >= 4 is 25.1 Å². The molecule has 0 amide bonds. The average molecular weight is 1760 g/mol. The lowest BCUT2D eigenvalue weighted by Crippen LogP contribution is -2.64. The predicted octanol–water partition coefficient (Wildman–Crippen LogP) is -27.8. The number of carbonyl (C=O) groups is 4. The molecule has 0 spiro atoms. The summed E-state index contributed by atoms with van der Waals surface area (Å²) in [6.07, 6.45) is -66.8. The third kappa shape index (κ3) is 31.9. The second kappa shape index (κ2) is 56.5. The molecule has 45 atom stereocenters. The normalized spacial score (nSPS) is 38.8. The maximum absolute atomic E-state index is 10.2. The number of aliphatic hydroxyl groups is 42. The lowest BCUT2D eigenvalue weighted by atomic mass is 9.91. The highest BCUT2D eigenvalue weighted by atomic mass is 16.8. The molecule has 4 unspecified atom stereocenters. The van der Waals surface area contributed by atoms with E-state index in [1.807, 2.05) is 0 Å². The van der Waals surface area contributed by atoms with Crippen molar-refractivity contribution in [2.24, 2.45) is 5.92 Å². The third-order valence-corrected chi connectivity index (χ3v) is 18.3. The molecule has 6 aliphatic rings. The SMILES string of the molecule is CO[C@@H]1O[C@@H](CO)[C@@H](O[C@@H]2OC(CO)[C@@H](C)[C@H](O)C2O)C(O)C1O.O=C[C@H](O)[C@@H](O)[C@H](O)[C@H](O)CO.O=C[C@H](O)[C@@H](O)[C@H](O)[C@H](O)CO.O=C[C@H](O)[C@@H](O)[C@H](O)[C@H](O)CO.O=C[C@H](O)[C@@H](O)[C@H](O)[C@H](O)CO.OC[C@H]1O[C@@H](O[C@H]2[C@H](O)[C@@H](O)[C@H](O)O[C@@H]2CO)[C@H](O)[C@@H](O)[C@@H]1O.OC[C@H]1O[C@@](CO)(O[C@H]2O[C@H](CO)[C@@H](O)[C@H](O)[C@H]2O)[C@@H](O)[C@@H]1O. The van der Waals surface area contributed by atoms with Gasteiger partial charge in [-0.25, -0.2) is 0 Å². The first-order valence-corrected chi connectivity index (χ1v) is 35.2. The van der Waals surface area contributed by atoms with Gasteiger partial charge in [-0.2, -0.15) is 0 Å². The molecule has 0 bridgehead atoms. The van der Waals surface area contributed by atoms with E-state index in [1.54, 1.807) is 6.92 Å². The molecule has 702 valence electrons. The first-order valence-electron chi connectivity index (χ1n) is 35.2. The number of hydrogen-bond donors (Lipinski definition) is 42. The molecular formula is C62H118O56. The summed E-state index contributed by atoms with van der Waals surface area (Å²) >= 11 is 0. The minimum Gasteiger partial charge on any atom is -0.394 e. The summed E-state index contributed by atoms with van der Waals surface area (Å²) in [5, 5.41) is 386. The van der Waals surface area contributed by atoms with Gasteiger partial charge in [-0.1, -0.05) is 6.92 Å². The zero-order valence-corrected chi connectivity index (χ0v) is 62.5. The van der Waals surface area contributed by atoms with Crippen molar-refractivity contribution in [3.63, 3.8) is 0 Å². The van der Waals surface area contributed by atoms with Gasteiger partial charge in [-0.05, 0) is 0 Å². The van der Waals surface area contributed by atoms with E-state index < -0.39 is 348 Å². The maximum atomic E-state index is 10.2. The minimum atomic E-state index is -2.22. The number of rotatable bonds is 34. The molecule has 6 aliphatic heterocycles. The van der Waals surface area contributed by atoms with Crippen molar-refractivity contribution in [1.82, 2.24) is 0 Å². The number of carbonyl (C=O) groups excluding carboxylic acids is 4. The third-order valence-electron chi connectivity index (χ3n) is 18.3. The van der Waals surface area contributed by atoms with Crippen molar-refractivity contribution in [3.8, 4) is 0 Å². The number of aliphatic hydroxyl groups excluding tert-OH is 42. The van der Waals surface area contributed by atoms with Gasteiger partial charge in [0.25, 0.3) is 0 Å². The Hall–Kier alpha value is -3.40.